The maximum atomic E-state index is 10.6. The predicted octanol–water partition coefficient (Wildman–Crippen LogP) is 2.73. The van der Waals surface area contributed by atoms with Gasteiger partial charge < -0.3 is 5.11 Å². The van der Waals surface area contributed by atoms with Crippen LogP contribution in [0.25, 0.3) is 0 Å². The van der Waals surface area contributed by atoms with Gasteiger partial charge in [0.1, 0.15) is 0 Å². The molecular weight excluding hydrogens is 188 g/mol. The maximum Gasteiger partial charge on any atom is 0.306 e. The van der Waals surface area contributed by atoms with E-state index in [0.717, 1.165) is 25.7 Å². The molecule has 0 radical (unpaired) electrons. The van der Waals surface area contributed by atoms with Gasteiger partial charge in [-0.05, 0) is 37.2 Å². The molecule has 0 spiro atoms. The van der Waals surface area contributed by atoms with Crippen LogP contribution in [-0.2, 0) is 11.2 Å². The first-order valence-electron chi connectivity index (χ1n) is 5.54. The van der Waals surface area contributed by atoms with Gasteiger partial charge in [0, 0.05) is 0 Å². The molecule has 15 heavy (non-hydrogen) atoms. The summed E-state index contributed by atoms with van der Waals surface area (Å²) in [5, 5.41) is 8.74. The molecule has 1 fully saturated rings. The number of aliphatic carboxylic acids is 1. The van der Waals surface area contributed by atoms with Crippen LogP contribution < -0.4 is 0 Å². The molecule has 1 aromatic carbocycles. The van der Waals surface area contributed by atoms with Gasteiger partial charge in [0.25, 0.3) is 0 Å². The first kappa shape index (κ1) is 10.2. The van der Waals surface area contributed by atoms with Crippen molar-refractivity contribution in [2.75, 3.05) is 0 Å². The first-order valence-corrected chi connectivity index (χ1v) is 5.54. The Labute approximate surface area is 89.9 Å². The van der Waals surface area contributed by atoms with Gasteiger partial charge in [0.05, 0.1) is 5.92 Å². The Morgan fingerprint density at radius 1 is 1.33 bits per heavy atom. The highest BCUT2D eigenvalue weighted by atomic mass is 16.4. The van der Waals surface area contributed by atoms with E-state index in [1.165, 1.54) is 5.56 Å². The summed E-state index contributed by atoms with van der Waals surface area (Å²) in [6.45, 7) is 0. The van der Waals surface area contributed by atoms with E-state index in [2.05, 4.69) is 12.1 Å². The van der Waals surface area contributed by atoms with Crippen molar-refractivity contribution in [2.24, 2.45) is 11.8 Å². The fraction of sp³-hybridized carbons (Fsp3) is 0.462. The molecule has 0 aliphatic heterocycles. The number of hydrogen-bond donors (Lipinski definition) is 1. The Bertz CT molecular complexity index is 332. The monoisotopic (exact) mass is 204 g/mol. The van der Waals surface area contributed by atoms with Crippen LogP contribution in [-0.4, -0.2) is 11.1 Å². The molecule has 0 saturated heterocycles. The molecule has 1 N–H and O–H groups in total. The molecule has 0 aromatic heterocycles. The summed E-state index contributed by atoms with van der Waals surface area (Å²) in [7, 11) is 0. The molecule has 0 amide bonds. The van der Waals surface area contributed by atoms with Gasteiger partial charge in [0.15, 0.2) is 0 Å². The predicted molar refractivity (Wildman–Crippen MR) is 58.6 cm³/mol. The summed E-state index contributed by atoms with van der Waals surface area (Å²) < 4.78 is 0. The van der Waals surface area contributed by atoms with Gasteiger partial charge in [-0.1, -0.05) is 30.3 Å². The molecule has 80 valence electrons. The summed E-state index contributed by atoms with van der Waals surface area (Å²) in [6, 6.07) is 10.4. The standard InChI is InChI=1S/C13H16O2/c14-13(15)12-9-11(12)8-4-7-10-5-2-1-3-6-10/h1-3,5-6,11-12H,4,7-9H2,(H,14,15)/t11-,12-/m1/s1. The van der Waals surface area contributed by atoms with Crippen molar-refractivity contribution in [3.05, 3.63) is 35.9 Å². The summed E-state index contributed by atoms with van der Waals surface area (Å²) in [6.07, 6.45) is 4.14. The van der Waals surface area contributed by atoms with Gasteiger partial charge >= 0.3 is 5.97 Å². The van der Waals surface area contributed by atoms with E-state index < -0.39 is 5.97 Å². The highest BCUT2D eigenvalue weighted by Crippen LogP contribution is 2.42. The van der Waals surface area contributed by atoms with Gasteiger partial charge in [-0.3, -0.25) is 4.79 Å². The molecule has 2 heteroatoms. The van der Waals surface area contributed by atoms with Crippen molar-refractivity contribution in [3.8, 4) is 0 Å². The quantitative estimate of drug-likeness (QED) is 0.800. The fourth-order valence-electron chi connectivity index (χ4n) is 2.08. The lowest BCUT2D eigenvalue weighted by atomic mass is 10.1. The van der Waals surface area contributed by atoms with Crippen LogP contribution in [0.2, 0.25) is 0 Å². The normalized spacial score (nSPS) is 23.7. The average molecular weight is 204 g/mol. The third-order valence-corrected chi connectivity index (χ3v) is 3.12. The second-order valence-electron chi connectivity index (χ2n) is 4.32. The first-order chi connectivity index (χ1) is 7.27. The second-order valence-corrected chi connectivity index (χ2v) is 4.32. The zero-order chi connectivity index (χ0) is 10.7. The molecule has 0 heterocycles. The Kier molecular flexibility index (Phi) is 3.05. The van der Waals surface area contributed by atoms with Crippen molar-refractivity contribution in [1.29, 1.82) is 0 Å². The Hall–Kier alpha value is -1.31. The van der Waals surface area contributed by atoms with Crippen LogP contribution in [0.15, 0.2) is 30.3 Å². The molecule has 1 aliphatic rings. The van der Waals surface area contributed by atoms with Crippen LogP contribution >= 0.6 is 0 Å². The number of aryl methyl sites for hydroxylation is 1. The van der Waals surface area contributed by atoms with Crippen molar-refractivity contribution >= 4 is 5.97 Å². The minimum Gasteiger partial charge on any atom is -0.481 e. The zero-order valence-corrected chi connectivity index (χ0v) is 8.73. The van der Waals surface area contributed by atoms with Gasteiger partial charge in [-0.25, -0.2) is 0 Å². The van der Waals surface area contributed by atoms with Crippen molar-refractivity contribution in [3.63, 3.8) is 0 Å². The van der Waals surface area contributed by atoms with E-state index in [9.17, 15) is 4.79 Å². The number of benzene rings is 1. The van der Waals surface area contributed by atoms with Gasteiger partial charge in [-0.15, -0.1) is 0 Å². The number of hydrogen-bond acceptors (Lipinski definition) is 1. The Balaban J connectivity index is 1.67. The number of carboxylic acid groups (broad SMARTS) is 1. The Morgan fingerprint density at radius 3 is 2.67 bits per heavy atom. The van der Waals surface area contributed by atoms with E-state index in [0.29, 0.717) is 5.92 Å². The second kappa shape index (κ2) is 4.47. The molecule has 2 nitrogen and oxygen atoms in total. The summed E-state index contributed by atoms with van der Waals surface area (Å²) in [4.78, 5) is 10.6. The number of carboxylic acids is 1. The lowest BCUT2D eigenvalue weighted by molar-refractivity contribution is -0.138. The fourth-order valence-corrected chi connectivity index (χ4v) is 2.08. The van der Waals surface area contributed by atoms with Gasteiger partial charge in [0.2, 0.25) is 0 Å². The number of carbonyl (C=O) groups is 1. The highest BCUT2D eigenvalue weighted by molar-refractivity contribution is 5.73. The van der Waals surface area contributed by atoms with E-state index in [1.807, 2.05) is 18.2 Å². The molecule has 0 bridgehead atoms. The van der Waals surface area contributed by atoms with Crippen LogP contribution in [0.1, 0.15) is 24.8 Å². The highest BCUT2D eigenvalue weighted by Gasteiger charge is 2.42. The van der Waals surface area contributed by atoms with E-state index in [1.54, 1.807) is 0 Å². The van der Waals surface area contributed by atoms with Crippen molar-refractivity contribution in [2.45, 2.75) is 25.7 Å². The van der Waals surface area contributed by atoms with Crippen LogP contribution in [0, 0.1) is 11.8 Å². The van der Waals surface area contributed by atoms with Crippen LogP contribution in [0.3, 0.4) is 0 Å². The smallest absolute Gasteiger partial charge is 0.306 e. The molecule has 2 rings (SSSR count). The van der Waals surface area contributed by atoms with Crippen LogP contribution in [0.4, 0.5) is 0 Å². The Morgan fingerprint density at radius 2 is 2.07 bits per heavy atom. The third kappa shape index (κ3) is 2.82. The van der Waals surface area contributed by atoms with Gasteiger partial charge in [-0.2, -0.15) is 0 Å². The summed E-state index contributed by atoms with van der Waals surface area (Å²) in [5.74, 6) is -0.202. The molecule has 1 saturated carbocycles. The lowest BCUT2D eigenvalue weighted by Crippen LogP contribution is -1.99. The average Bonchev–Trinajstić information content (AvgIpc) is 2.99. The molecule has 2 atom stereocenters. The molecular formula is C13H16O2. The molecule has 0 unspecified atom stereocenters. The minimum absolute atomic E-state index is 0.0410. The zero-order valence-electron chi connectivity index (χ0n) is 8.73. The third-order valence-electron chi connectivity index (χ3n) is 3.12. The van der Waals surface area contributed by atoms with E-state index >= 15 is 0 Å². The van der Waals surface area contributed by atoms with Crippen molar-refractivity contribution in [1.82, 2.24) is 0 Å². The van der Waals surface area contributed by atoms with E-state index in [4.69, 9.17) is 5.11 Å². The van der Waals surface area contributed by atoms with Crippen molar-refractivity contribution < 1.29 is 9.90 Å². The molecule has 1 aliphatic carbocycles. The SMILES string of the molecule is O=C(O)[C@@H]1C[C@H]1CCCc1ccccc1. The lowest BCUT2D eigenvalue weighted by Gasteiger charge is -2.00. The number of rotatable bonds is 5. The largest absolute Gasteiger partial charge is 0.481 e. The minimum atomic E-state index is -0.611. The molecule has 1 aromatic rings. The summed E-state index contributed by atoms with van der Waals surface area (Å²) in [5.41, 5.74) is 1.35. The topological polar surface area (TPSA) is 37.3 Å². The summed E-state index contributed by atoms with van der Waals surface area (Å²) >= 11 is 0. The van der Waals surface area contributed by atoms with Crippen LogP contribution in [0.5, 0.6) is 0 Å². The van der Waals surface area contributed by atoms with E-state index in [-0.39, 0.29) is 5.92 Å². The maximum absolute atomic E-state index is 10.6.